The van der Waals surface area contributed by atoms with E-state index < -0.39 is 11.6 Å². The molecule has 0 bridgehead atoms. The predicted octanol–water partition coefficient (Wildman–Crippen LogP) is 5.31. The van der Waals surface area contributed by atoms with Crippen LogP contribution in [-0.2, 0) is 11.2 Å². The standard InChI is InChI=1S/C20H21F3O/c1-13-5-6-15(11-19(13)22)16-8-10-17(24-12-16)9-7-14-3-2-4-18(21)20(14)23/h2-6,11,16-17H,7-10,12H2,1H3. The fraction of sp³-hybridized carbons (Fsp3) is 0.400. The van der Waals surface area contributed by atoms with Gasteiger partial charge in [0.25, 0.3) is 0 Å². The van der Waals surface area contributed by atoms with E-state index in [0.29, 0.717) is 30.6 Å². The monoisotopic (exact) mass is 334 g/mol. The number of rotatable bonds is 4. The molecule has 2 aromatic rings. The molecule has 2 atom stereocenters. The summed E-state index contributed by atoms with van der Waals surface area (Å²) in [6.07, 6.45) is 2.92. The van der Waals surface area contributed by atoms with Crippen molar-refractivity contribution < 1.29 is 17.9 Å². The van der Waals surface area contributed by atoms with Crippen LogP contribution in [0.25, 0.3) is 0 Å². The fourth-order valence-corrected chi connectivity index (χ4v) is 3.22. The van der Waals surface area contributed by atoms with Gasteiger partial charge in [0.15, 0.2) is 11.6 Å². The van der Waals surface area contributed by atoms with Gasteiger partial charge in [0.05, 0.1) is 12.7 Å². The van der Waals surface area contributed by atoms with E-state index in [1.54, 1.807) is 25.1 Å². The van der Waals surface area contributed by atoms with E-state index in [0.717, 1.165) is 24.5 Å². The van der Waals surface area contributed by atoms with Crippen LogP contribution in [0.1, 0.15) is 41.9 Å². The Labute approximate surface area is 140 Å². The second-order valence-electron chi connectivity index (χ2n) is 6.49. The highest BCUT2D eigenvalue weighted by molar-refractivity contribution is 5.26. The summed E-state index contributed by atoms with van der Waals surface area (Å²) < 4.78 is 46.4. The van der Waals surface area contributed by atoms with Crippen LogP contribution in [0.3, 0.4) is 0 Å². The Morgan fingerprint density at radius 1 is 1.04 bits per heavy atom. The number of benzene rings is 2. The van der Waals surface area contributed by atoms with Crippen molar-refractivity contribution in [1.29, 1.82) is 0 Å². The molecule has 2 unspecified atom stereocenters. The smallest absolute Gasteiger partial charge is 0.162 e. The maximum Gasteiger partial charge on any atom is 0.162 e. The topological polar surface area (TPSA) is 9.23 Å². The largest absolute Gasteiger partial charge is 0.378 e. The molecule has 1 fully saturated rings. The third kappa shape index (κ3) is 3.81. The summed E-state index contributed by atoms with van der Waals surface area (Å²) >= 11 is 0. The lowest BCUT2D eigenvalue weighted by molar-refractivity contribution is -0.000713. The van der Waals surface area contributed by atoms with E-state index in [9.17, 15) is 13.2 Å². The zero-order valence-corrected chi connectivity index (χ0v) is 13.7. The Hall–Kier alpha value is -1.81. The Morgan fingerprint density at radius 3 is 2.58 bits per heavy atom. The van der Waals surface area contributed by atoms with Gasteiger partial charge in [-0.3, -0.25) is 0 Å². The Kier molecular flexibility index (Phi) is 5.24. The summed E-state index contributed by atoms with van der Waals surface area (Å²) in [6, 6.07) is 9.60. The van der Waals surface area contributed by atoms with Gasteiger partial charge in [0, 0.05) is 5.92 Å². The molecule has 4 heteroatoms. The van der Waals surface area contributed by atoms with E-state index in [1.807, 2.05) is 6.07 Å². The Balaban J connectivity index is 1.53. The number of halogens is 3. The van der Waals surface area contributed by atoms with Crippen LogP contribution in [-0.4, -0.2) is 12.7 Å². The Bertz CT molecular complexity index is 706. The van der Waals surface area contributed by atoms with Crippen LogP contribution in [0.2, 0.25) is 0 Å². The molecule has 1 nitrogen and oxygen atoms in total. The number of hydrogen-bond donors (Lipinski definition) is 0. The van der Waals surface area contributed by atoms with Gasteiger partial charge < -0.3 is 4.74 Å². The van der Waals surface area contributed by atoms with Crippen LogP contribution in [0.4, 0.5) is 13.2 Å². The van der Waals surface area contributed by atoms with Crippen molar-refractivity contribution in [2.24, 2.45) is 0 Å². The highest BCUT2D eigenvalue weighted by Gasteiger charge is 2.23. The first-order valence-electron chi connectivity index (χ1n) is 8.35. The minimum absolute atomic E-state index is 0.0409. The average molecular weight is 334 g/mol. The first kappa shape index (κ1) is 17.0. The van der Waals surface area contributed by atoms with Crippen molar-refractivity contribution >= 4 is 0 Å². The maximum absolute atomic E-state index is 13.7. The third-order valence-corrected chi connectivity index (χ3v) is 4.80. The highest BCUT2D eigenvalue weighted by Crippen LogP contribution is 2.30. The van der Waals surface area contributed by atoms with Crippen LogP contribution in [0.15, 0.2) is 36.4 Å². The number of hydrogen-bond acceptors (Lipinski definition) is 1. The molecule has 0 N–H and O–H groups in total. The highest BCUT2D eigenvalue weighted by atomic mass is 19.2. The molecule has 0 spiro atoms. The molecule has 0 aliphatic carbocycles. The van der Waals surface area contributed by atoms with Crippen molar-refractivity contribution in [1.82, 2.24) is 0 Å². The van der Waals surface area contributed by atoms with Gasteiger partial charge in [0.1, 0.15) is 5.82 Å². The van der Waals surface area contributed by atoms with E-state index in [4.69, 9.17) is 4.74 Å². The van der Waals surface area contributed by atoms with Crippen molar-refractivity contribution in [3.63, 3.8) is 0 Å². The number of aryl methyl sites for hydroxylation is 2. The predicted molar refractivity (Wildman–Crippen MR) is 87.5 cm³/mol. The molecule has 24 heavy (non-hydrogen) atoms. The van der Waals surface area contributed by atoms with Gasteiger partial charge in [-0.05, 0) is 61.4 Å². The van der Waals surface area contributed by atoms with E-state index in [-0.39, 0.29) is 17.8 Å². The third-order valence-electron chi connectivity index (χ3n) is 4.80. The lowest BCUT2D eigenvalue weighted by Crippen LogP contribution is -2.25. The first-order chi connectivity index (χ1) is 11.5. The summed E-state index contributed by atoms with van der Waals surface area (Å²) in [7, 11) is 0. The molecule has 1 heterocycles. The zero-order valence-electron chi connectivity index (χ0n) is 13.7. The van der Waals surface area contributed by atoms with E-state index in [1.165, 1.54) is 6.07 Å². The molecule has 1 aliphatic rings. The summed E-state index contributed by atoms with van der Waals surface area (Å²) in [5.41, 5.74) is 2.00. The molecule has 1 saturated heterocycles. The second-order valence-corrected chi connectivity index (χ2v) is 6.49. The van der Waals surface area contributed by atoms with Crippen molar-refractivity contribution in [2.75, 3.05) is 6.61 Å². The van der Waals surface area contributed by atoms with Gasteiger partial charge in [0.2, 0.25) is 0 Å². The van der Waals surface area contributed by atoms with Crippen LogP contribution >= 0.6 is 0 Å². The zero-order chi connectivity index (χ0) is 17.1. The van der Waals surface area contributed by atoms with Crippen LogP contribution in [0, 0.1) is 24.4 Å². The summed E-state index contributed by atoms with van der Waals surface area (Å²) in [5, 5.41) is 0. The maximum atomic E-state index is 13.7. The average Bonchev–Trinajstić information content (AvgIpc) is 2.59. The minimum Gasteiger partial charge on any atom is -0.378 e. The van der Waals surface area contributed by atoms with Gasteiger partial charge in [-0.2, -0.15) is 0 Å². The van der Waals surface area contributed by atoms with E-state index in [2.05, 4.69) is 0 Å². The lowest BCUT2D eigenvalue weighted by Gasteiger charge is -2.29. The Morgan fingerprint density at radius 2 is 1.88 bits per heavy atom. The van der Waals surface area contributed by atoms with Crippen LogP contribution < -0.4 is 0 Å². The quantitative estimate of drug-likeness (QED) is 0.736. The normalized spacial score (nSPS) is 21.0. The molecule has 0 radical (unpaired) electrons. The molecule has 128 valence electrons. The summed E-state index contributed by atoms with van der Waals surface area (Å²) in [5.74, 6) is -1.56. The summed E-state index contributed by atoms with van der Waals surface area (Å²) in [6.45, 7) is 2.29. The van der Waals surface area contributed by atoms with Gasteiger partial charge in [-0.25, -0.2) is 13.2 Å². The van der Waals surface area contributed by atoms with Crippen molar-refractivity contribution in [3.05, 3.63) is 70.5 Å². The first-order valence-corrected chi connectivity index (χ1v) is 8.35. The van der Waals surface area contributed by atoms with Crippen molar-refractivity contribution in [3.8, 4) is 0 Å². The second kappa shape index (κ2) is 7.39. The fourth-order valence-electron chi connectivity index (χ4n) is 3.22. The SMILES string of the molecule is Cc1ccc(C2CCC(CCc3cccc(F)c3F)OC2)cc1F. The van der Waals surface area contributed by atoms with Gasteiger partial charge in [-0.1, -0.05) is 24.3 Å². The molecule has 1 aliphatic heterocycles. The summed E-state index contributed by atoms with van der Waals surface area (Å²) in [4.78, 5) is 0. The molecule has 3 rings (SSSR count). The molecular weight excluding hydrogens is 313 g/mol. The molecule has 2 aromatic carbocycles. The molecular formula is C20H21F3O. The van der Waals surface area contributed by atoms with Gasteiger partial charge in [-0.15, -0.1) is 0 Å². The minimum atomic E-state index is -0.807. The number of ether oxygens (including phenoxy) is 1. The molecule has 0 saturated carbocycles. The van der Waals surface area contributed by atoms with Gasteiger partial charge >= 0.3 is 0 Å². The van der Waals surface area contributed by atoms with Crippen molar-refractivity contribution in [2.45, 2.75) is 44.6 Å². The molecule has 0 aromatic heterocycles. The molecule has 0 amide bonds. The lowest BCUT2D eigenvalue weighted by atomic mass is 9.89. The van der Waals surface area contributed by atoms with E-state index >= 15 is 0 Å². The van der Waals surface area contributed by atoms with Crippen LogP contribution in [0.5, 0.6) is 0 Å².